The maximum Gasteiger partial charge on any atom is 0.112 e. The summed E-state index contributed by atoms with van der Waals surface area (Å²) in [6.07, 6.45) is 2.03. The van der Waals surface area contributed by atoms with Crippen molar-refractivity contribution in [1.82, 2.24) is 0 Å². The number of fused-ring (bicyclic) bond motifs is 7. The molecule has 0 aromatic heterocycles. The SMILES string of the molecule is S[P+]1(c2ccccc2)Cc2ccc3ccccc3c2-c2c(ccc3ccccc23)C1. The Bertz CT molecular complexity index is 1320. The molecular weight excluding hydrogens is 399 g/mol. The Balaban J connectivity index is 1.75. The fourth-order valence-corrected chi connectivity index (χ4v) is 9.17. The molecule has 5 aromatic carbocycles. The van der Waals surface area contributed by atoms with Crippen molar-refractivity contribution >= 4 is 45.6 Å². The largest absolute Gasteiger partial charge is 0.112 e. The van der Waals surface area contributed by atoms with Crippen LogP contribution in [0.4, 0.5) is 0 Å². The van der Waals surface area contributed by atoms with Crippen LogP contribution in [0.25, 0.3) is 32.7 Å². The first-order valence-electron chi connectivity index (χ1n) is 10.4. The van der Waals surface area contributed by atoms with Crippen molar-refractivity contribution in [3.05, 3.63) is 114 Å². The van der Waals surface area contributed by atoms with Gasteiger partial charge in [0, 0.05) is 12.2 Å². The molecule has 0 spiro atoms. The summed E-state index contributed by atoms with van der Waals surface area (Å²) in [5, 5.41) is 6.71. The van der Waals surface area contributed by atoms with Crippen LogP contribution >= 0.6 is 18.7 Å². The Labute approximate surface area is 183 Å². The van der Waals surface area contributed by atoms with Gasteiger partial charge in [-0.15, -0.1) is 0 Å². The highest BCUT2D eigenvalue weighted by Crippen LogP contribution is 2.70. The lowest BCUT2D eigenvalue weighted by Crippen LogP contribution is -2.10. The van der Waals surface area contributed by atoms with Gasteiger partial charge in [0.25, 0.3) is 0 Å². The molecule has 5 aromatic rings. The summed E-state index contributed by atoms with van der Waals surface area (Å²) in [6.45, 7) is -1.69. The van der Waals surface area contributed by atoms with E-state index in [0.29, 0.717) is 0 Å². The maximum absolute atomic E-state index is 5.46. The molecule has 0 saturated heterocycles. The lowest BCUT2D eigenvalue weighted by atomic mass is 9.88. The van der Waals surface area contributed by atoms with E-state index in [0.717, 1.165) is 12.3 Å². The van der Waals surface area contributed by atoms with Crippen LogP contribution in [0.3, 0.4) is 0 Å². The molecule has 0 nitrogen and oxygen atoms in total. The Morgan fingerprint density at radius 1 is 0.500 bits per heavy atom. The third-order valence-corrected chi connectivity index (χ3v) is 10.9. The zero-order valence-corrected chi connectivity index (χ0v) is 18.4. The zero-order chi connectivity index (χ0) is 20.1. The average molecular weight is 422 g/mol. The summed E-state index contributed by atoms with van der Waals surface area (Å²) in [7, 11) is 0. The molecule has 1 heterocycles. The molecule has 6 rings (SSSR count). The fourth-order valence-electron chi connectivity index (χ4n) is 4.99. The second-order valence-corrected chi connectivity index (χ2v) is 13.5. The van der Waals surface area contributed by atoms with Crippen molar-refractivity contribution in [1.29, 1.82) is 0 Å². The number of hydrogen-bond donors (Lipinski definition) is 1. The van der Waals surface area contributed by atoms with E-state index in [9.17, 15) is 0 Å². The van der Waals surface area contributed by atoms with Crippen LogP contribution in [0, 0.1) is 0 Å². The maximum atomic E-state index is 5.46. The molecule has 0 aliphatic carbocycles. The molecule has 1 aliphatic heterocycles. The molecule has 0 fully saturated rings. The summed E-state index contributed by atoms with van der Waals surface area (Å²) >= 11 is 5.46. The van der Waals surface area contributed by atoms with Gasteiger partial charge in [0.15, 0.2) is 0 Å². The van der Waals surface area contributed by atoms with Crippen molar-refractivity contribution < 1.29 is 0 Å². The van der Waals surface area contributed by atoms with Crippen LogP contribution in [-0.4, -0.2) is 0 Å². The molecule has 0 N–H and O–H groups in total. The van der Waals surface area contributed by atoms with Gasteiger partial charge >= 0.3 is 0 Å². The summed E-state index contributed by atoms with van der Waals surface area (Å²) < 4.78 is 0. The van der Waals surface area contributed by atoms with Crippen LogP contribution in [0.15, 0.2) is 103 Å². The first-order chi connectivity index (χ1) is 14.7. The Morgan fingerprint density at radius 2 is 0.967 bits per heavy atom. The lowest BCUT2D eigenvalue weighted by Gasteiger charge is -2.20. The van der Waals surface area contributed by atoms with Crippen molar-refractivity contribution in [3.63, 3.8) is 0 Å². The van der Waals surface area contributed by atoms with E-state index < -0.39 is 6.46 Å². The minimum absolute atomic E-state index is 1.02. The summed E-state index contributed by atoms with van der Waals surface area (Å²) in [6, 6.07) is 37.8. The van der Waals surface area contributed by atoms with Gasteiger partial charge in [0.05, 0.1) is 0 Å². The van der Waals surface area contributed by atoms with Gasteiger partial charge in [-0.05, 0) is 55.9 Å². The van der Waals surface area contributed by atoms with Gasteiger partial charge in [-0.3, -0.25) is 0 Å². The van der Waals surface area contributed by atoms with E-state index in [2.05, 4.69) is 103 Å². The normalized spacial score (nSPS) is 14.8. The van der Waals surface area contributed by atoms with Gasteiger partial charge < -0.3 is 0 Å². The van der Waals surface area contributed by atoms with Gasteiger partial charge in [-0.25, -0.2) is 0 Å². The molecule has 144 valence electrons. The Morgan fingerprint density at radius 3 is 1.50 bits per heavy atom. The number of rotatable bonds is 1. The van der Waals surface area contributed by atoms with Crippen molar-refractivity contribution in [3.8, 4) is 11.1 Å². The Hall–Kier alpha value is -2.60. The lowest BCUT2D eigenvalue weighted by molar-refractivity contribution is 1.39. The molecule has 0 amide bonds. The monoisotopic (exact) mass is 421 g/mol. The quantitative estimate of drug-likeness (QED) is 0.207. The minimum atomic E-state index is -1.69. The molecule has 1 aliphatic rings. The second kappa shape index (κ2) is 6.98. The molecule has 0 atom stereocenters. The minimum Gasteiger partial charge on any atom is -0.0620 e. The predicted octanol–water partition coefficient (Wildman–Crippen LogP) is 7.86. The molecule has 2 heteroatoms. The highest BCUT2D eigenvalue weighted by atomic mass is 32.7. The third kappa shape index (κ3) is 2.81. The highest BCUT2D eigenvalue weighted by Gasteiger charge is 2.41. The first-order valence-corrected chi connectivity index (χ1v) is 13.7. The predicted molar refractivity (Wildman–Crippen MR) is 136 cm³/mol. The number of hydrogen-bond acceptors (Lipinski definition) is 1. The van der Waals surface area contributed by atoms with Crippen LogP contribution < -0.4 is 5.30 Å². The topological polar surface area (TPSA) is 0 Å². The van der Waals surface area contributed by atoms with E-state index in [4.69, 9.17) is 12.2 Å². The fraction of sp³-hybridized carbons (Fsp3) is 0.0714. The molecular formula is C28H22PS+. The third-order valence-electron chi connectivity index (χ3n) is 6.38. The molecule has 0 radical (unpaired) electrons. The van der Waals surface area contributed by atoms with Gasteiger partial charge in [-0.1, -0.05) is 91.0 Å². The summed E-state index contributed by atoms with van der Waals surface area (Å²) in [4.78, 5) is 0. The average Bonchev–Trinajstić information content (AvgIpc) is 2.94. The van der Waals surface area contributed by atoms with Crippen LogP contribution in [0.1, 0.15) is 11.1 Å². The molecule has 30 heavy (non-hydrogen) atoms. The molecule has 0 bridgehead atoms. The van der Waals surface area contributed by atoms with E-state index in [1.165, 1.54) is 49.1 Å². The second-order valence-electron chi connectivity index (χ2n) is 8.22. The smallest absolute Gasteiger partial charge is 0.0620 e. The molecule has 0 unspecified atom stereocenters. The van der Waals surface area contributed by atoms with E-state index >= 15 is 0 Å². The number of benzene rings is 5. The Kier molecular flexibility index (Phi) is 4.23. The first kappa shape index (κ1) is 18.2. The van der Waals surface area contributed by atoms with Crippen molar-refractivity contribution in [2.24, 2.45) is 0 Å². The van der Waals surface area contributed by atoms with Crippen molar-refractivity contribution in [2.75, 3.05) is 0 Å². The summed E-state index contributed by atoms with van der Waals surface area (Å²) in [5.74, 6) is 0. The van der Waals surface area contributed by atoms with Gasteiger partial charge in [0.1, 0.15) is 24.1 Å². The van der Waals surface area contributed by atoms with Gasteiger partial charge in [0.2, 0.25) is 0 Å². The standard InChI is InChI=1S/C28H22PS/c30-29(24-10-2-1-3-11-24)18-22-16-14-20-8-4-6-12-25(20)27(22)28-23(19-29)17-15-21-9-5-7-13-26(21)28/h1-17,30H,18-19H2/q+1. The highest BCUT2D eigenvalue weighted by molar-refractivity contribution is 8.55. The van der Waals surface area contributed by atoms with Crippen molar-refractivity contribution in [2.45, 2.75) is 12.3 Å². The number of thiol groups is 1. The van der Waals surface area contributed by atoms with Crippen LogP contribution in [0.2, 0.25) is 0 Å². The van der Waals surface area contributed by atoms with E-state index in [1.807, 2.05) is 0 Å². The van der Waals surface area contributed by atoms with Crippen LogP contribution in [0.5, 0.6) is 0 Å². The molecule has 0 saturated carbocycles. The van der Waals surface area contributed by atoms with Gasteiger partial charge in [-0.2, -0.15) is 0 Å². The zero-order valence-electron chi connectivity index (χ0n) is 16.6. The van der Waals surface area contributed by atoms with E-state index in [-0.39, 0.29) is 0 Å². The van der Waals surface area contributed by atoms with E-state index in [1.54, 1.807) is 0 Å². The summed E-state index contributed by atoms with van der Waals surface area (Å²) in [5.41, 5.74) is 5.67. The van der Waals surface area contributed by atoms with Crippen LogP contribution in [-0.2, 0) is 12.3 Å².